The lowest BCUT2D eigenvalue weighted by Gasteiger charge is -1.99. The van der Waals surface area contributed by atoms with Crippen molar-refractivity contribution in [2.45, 2.75) is 103 Å². The second-order valence-electron chi connectivity index (χ2n) is 6.08. The molecule has 0 heterocycles. The minimum Gasteiger partial charge on any atom is -0.481 e. The Labute approximate surface area is 132 Å². The van der Waals surface area contributed by atoms with Gasteiger partial charge in [0.05, 0.1) is 0 Å². The summed E-state index contributed by atoms with van der Waals surface area (Å²) in [5, 5.41) is 8.52. The van der Waals surface area contributed by atoms with E-state index in [9.17, 15) is 4.79 Å². The molecule has 0 aromatic heterocycles. The first-order chi connectivity index (χ1) is 10.3. The highest BCUT2D eigenvalue weighted by Gasteiger charge is 1.95. The van der Waals surface area contributed by atoms with Gasteiger partial charge in [0, 0.05) is 6.42 Å². The summed E-state index contributed by atoms with van der Waals surface area (Å²) in [4.78, 5) is 10.3. The Morgan fingerprint density at radius 3 is 1.62 bits per heavy atom. The molecular weight excluding hydrogens is 261 g/mol. The highest BCUT2D eigenvalue weighted by molar-refractivity contribution is 5.66. The smallest absolute Gasteiger partial charge is 0.303 e. The lowest BCUT2D eigenvalue weighted by Crippen LogP contribution is -1.93. The van der Waals surface area contributed by atoms with E-state index in [1.807, 2.05) is 0 Å². The van der Waals surface area contributed by atoms with Crippen molar-refractivity contribution in [1.29, 1.82) is 0 Å². The molecule has 0 atom stereocenters. The second-order valence-corrected chi connectivity index (χ2v) is 6.08. The molecule has 0 saturated carbocycles. The van der Waals surface area contributed by atoms with E-state index in [0.717, 1.165) is 12.8 Å². The molecule has 1 N–H and O–H groups in total. The van der Waals surface area contributed by atoms with Gasteiger partial charge in [-0.25, -0.2) is 0 Å². The van der Waals surface area contributed by atoms with Gasteiger partial charge in [0.1, 0.15) is 0 Å². The molecule has 0 aliphatic rings. The van der Waals surface area contributed by atoms with E-state index in [0.29, 0.717) is 6.42 Å². The monoisotopic (exact) mass is 297 g/mol. The topological polar surface area (TPSA) is 37.3 Å². The first-order valence-corrected chi connectivity index (χ1v) is 9.14. The summed E-state index contributed by atoms with van der Waals surface area (Å²) in [5.74, 6) is -0.664. The minimum atomic E-state index is -0.664. The first-order valence-electron chi connectivity index (χ1n) is 9.14. The third-order valence-corrected chi connectivity index (χ3v) is 3.90. The van der Waals surface area contributed by atoms with E-state index < -0.39 is 5.97 Å². The Bertz CT molecular complexity index is 246. The van der Waals surface area contributed by atoms with E-state index in [-0.39, 0.29) is 0 Å². The van der Waals surface area contributed by atoms with Crippen molar-refractivity contribution < 1.29 is 9.90 Å². The number of carbonyl (C=O) groups is 1. The van der Waals surface area contributed by atoms with Crippen molar-refractivity contribution in [1.82, 2.24) is 0 Å². The molecule has 0 aromatic rings. The van der Waals surface area contributed by atoms with Crippen molar-refractivity contribution >= 4 is 5.97 Å². The Kier molecular flexibility index (Phi) is 16.6. The molecule has 0 aliphatic carbocycles. The maximum atomic E-state index is 10.3. The molecule has 0 unspecified atom stereocenters. The van der Waals surface area contributed by atoms with Crippen LogP contribution in [0.2, 0.25) is 0 Å². The number of aliphatic carboxylic acids is 1. The van der Waals surface area contributed by atoms with Gasteiger partial charge in [0.2, 0.25) is 0 Å². The average molecular weight is 297 g/mol. The fourth-order valence-corrected chi connectivity index (χ4v) is 2.52. The third-order valence-electron chi connectivity index (χ3n) is 3.90. The molecule has 0 aromatic carbocycles. The van der Waals surface area contributed by atoms with Crippen LogP contribution in [0.4, 0.5) is 0 Å². The van der Waals surface area contributed by atoms with Gasteiger partial charge in [-0.2, -0.15) is 0 Å². The normalized spacial score (nSPS) is 11.3. The molecular formula is C19H36O2. The van der Waals surface area contributed by atoms with Crippen molar-refractivity contribution in [2.24, 2.45) is 0 Å². The van der Waals surface area contributed by atoms with E-state index >= 15 is 0 Å². The molecule has 124 valence electrons. The van der Waals surface area contributed by atoms with Gasteiger partial charge >= 0.3 is 5.97 Å². The molecule has 2 nitrogen and oxygen atoms in total. The minimum absolute atomic E-state index is 0.332. The summed E-state index contributed by atoms with van der Waals surface area (Å²) < 4.78 is 0. The van der Waals surface area contributed by atoms with Gasteiger partial charge in [-0.1, -0.05) is 76.9 Å². The fourth-order valence-electron chi connectivity index (χ4n) is 2.52. The Hall–Kier alpha value is -0.790. The van der Waals surface area contributed by atoms with Crippen LogP contribution in [0.5, 0.6) is 0 Å². The van der Waals surface area contributed by atoms with Crippen molar-refractivity contribution in [3.8, 4) is 0 Å². The van der Waals surface area contributed by atoms with Gasteiger partial charge in [0.15, 0.2) is 0 Å². The summed E-state index contributed by atoms with van der Waals surface area (Å²) in [7, 11) is 0. The Morgan fingerprint density at radius 1 is 0.714 bits per heavy atom. The van der Waals surface area contributed by atoms with Gasteiger partial charge in [-0.15, -0.1) is 0 Å². The predicted octanol–water partition coefficient (Wildman–Crippen LogP) is 6.50. The molecule has 2 heteroatoms. The molecule has 0 rings (SSSR count). The SMILES string of the molecule is CCCCCCCCC/C=C\CCCCCCC[13C](=O)O. The van der Waals surface area contributed by atoms with Crippen LogP contribution >= 0.6 is 0 Å². The molecule has 0 fully saturated rings. The average Bonchev–Trinajstić information content (AvgIpc) is 2.46. The Morgan fingerprint density at radius 2 is 1.14 bits per heavy atom. The molecule has 0 spiro atoms. The largest absolute Gasteiger partial charge is 0.481 e. The van der Waals surface area contributed by atoms with Crippen LogP contribution in [0.25, 0.3) is 0 Å². The van der Waals surface area contributed by atoms with Gasteiger partial charge < -0.3 is 5.11 Å². The summed E-state index contributed by atoms with van der Waals surface area (Å²) in [6.07, 6.45) is 22.7. The molecule has 0 bridgehead atoms. The van der Waals surface area contributed by atoms with Gasteiger partial charge in [-0.3, -0.25) is 4.79 Å². The number of hydrogen-bond donors (Lipinski definition) is 1. The van der Waals surface area contributed by atoms with Crippen LogP contribution < -0.4 is 0 Å². The third kappa shape index (κ3) is 19.2. The lowest BCUT2D eigenvalue weighted by atomic mass is 10.1. The quantitative estimate of drug-likeness (QED) is 0.200. The van der Waals surface area contributed by atoms with E-state index in [1.54, 1.807) is 0 Å². The number of hydrogen-bond acceptors (Lipinski definition) is 1. The van der Waals surface area contributed by atoms with E-state index in [4.69, 9.17) is 5.11 Å². The fraction of sp³-hybridized carbons (Fsp3) is 0.842. The van der Waals surface area contributed by atoms with Crippen LogP contribution in [0.15, 0.2) is 12.2 Å². The van der Waals surface area contributed by atoms with E-state index in [1.165, 1.54) is 77.0 Å². The van der Waals surface area contributed by atoms with Crippen molar-refractivity contribution in [3.05, 3.63) is 12.2 Å². The molecule has 21 heavy (non-hydrogen) atoms. The van der Waals surface area contributed by atoms with Gasteiger partial charge in [-0.05, 0) is 32.1 Å². The standard InChI is InChI=1S/C19H36O2/c1-2-3-4-5-6-7-8-9-10-11-12-13-14-15-16-17-18-19(20)21/h10-11H,2-9,12-18H2,1H3,(H,20,21)/b11-10-/i19+1. The summed E-state index contributed by atoms with van der Waals surface area (Å²) in [6.45, 7) is 2.26. The van der Waals surface area contributed by atoms with Gasteiger partial charge in [0.25, 0.3) is 0 Å². The first kappa shape index (κ1) is 20.2. The number of carboxylic acid groups (broad SMARTS) is 1. The van der Waals surface area contributed by atoms with Crippen LogP contribution in [-0.2, 0) is 4.79 Å². The highest BCUT2D eigenvalue weighted by atomic mass is 16.5. The maximum Gasteiger partial charge on any atom is 0.303 e. The number of unbranched alkanes of at least 4 members (excludes halogenated alkanes) is 12. The van der Waals surface area contributed by atoms with E-state index in [2.05, 4.69) is 19.1 Å². The second kappa shape index (κ2) is 17.3. The summed E-state index contributed by atoms with van der Waals surface area (Å²) >= 11 is 0. The number of allylic oxidation sites excluding steroid dienone is 2. The lowest BCUT2D eigenvalue weighted by molar-refractivity contribution is -0.137. The Balaban J connectivity index is 3.07. The molecule has 0 saturated heterocycles. The zero-order valence-electron chi connectivity index (χ0n) is 14.1. The summed E-state index contributed by atoms with van der Waals surface area (Å²) in [5.41, 5.74) is 0. The number of rotatable bonds is 16. The highest BCUT2D eigenvalue weighted by Crippen LogP contribution is 2.10. The van der Waals surface area contributed by atoms with Crippen molar-refractivity contribution in [3.63, 3.8) is 0 Å². The molecule has 0 aliphatic heterocycles. The molecule has 0 radical (unpaired) electrons. The zero-order chi connectivity index (χ0) is 15.6. The van der Waals surface area contributed by atoms with Crippen LogP contribution in [0.3, 0.4) is 0 Å². The predicted molar refractivity (Wildman–Crippen MR) is 91.7 cm³/mol. The van der Waals surface area contributed by atoms with Crippen molar-refractivity contribution in [2.75, 3.05) is 0 Å². The molecule has 0 amide bonds. The summed E-state index contributed by atoms with van der Waals surface area (Å²) in [6, 6.07) is 0. The van der Waals surface area contributed by atoms with Crippen LogP contribution in [0, 0.1) is 0 Å². The maximum absolute atomic E-state index is 10.3. The van der Waals surface area contributed by atoms with Crippen LogP contribution in [-0.4, -0.2) is 11.1 Å². The number of carboxylic acids is 1. The zero-order valence-corrected chi connectivity index (χ0v) is 14.1. The van der Waals surface area contributed by atoms with Crippen LogP contribution in [0.1, 0.15) is 103 Å².